The lowest BCUT2D eigenvalue weighted by Crippen LogP contribution is -2.36. The van der Waals surface area contributed by atoms with E-state index < -0.39 is 15.6 Å². The van der Waals surface area contributed by atoms with E-state index in [2.05, 4.69) is 5.32 Å². The molecule has 0 heterocycles. The van der Waals surface area contributed by atoms with Crippen LogP contribution in [0.2, 0.25) is 0 Å². The molecule has 0 amide bonds. The van der Waals surface area contributed by atoms with Crippen LogP contribution in [0, 0.1) is 0 Å². The molecule has 0 saturated heterocycles. The minimum Gasteiger partial charge on any atom is -0.388 e. The van der Waals surface area contributed by atoms with Gasteiger partial charge in [-0.2, -0.15) is 0 Å². The van der Waals surface area contributed by atoms with Crippen LogP contribution in [-0.2, 0) is 10.0 Å². The largest absolute Gasteiger partial charge is 0.388 e. The number of benzene rings is 1. The van der Waals surface area contributed by atoms with Gasteiger partial charge in [0.25, 0.3) is 0 Å². The summed E-state index contributed by atoms with van der Waals surface area (Å²) >= 11 is 0. The lowest BCUT2D eigenvalue weighted by molar-refractivity contribution is 0.0381. The third-order valence-corrected chi connectivity index (χ3v) is 4.77. The van der Waals surface area contributed by atoms with E-state index >= 15 is 0 Å². The van der Waals surface area contributed by atoms with Gasteiger partial charge in [0.2, 0.25) is 10.0 Å². The highest BCUT2D eigenvalue weighted by molar-refractivity contribution is 7.89. The summed E-state index contributed by atoms with van der Waals surface area (Å²) in [6.07, 6.45) is 6.12. The molecular formula is C14H22N2O3S. The molecule has 1 saturated carbocycles. The van der Waals surface area contributed by atoms with Crippen LogP contribution in [0.15, 0.2) is 29.2 Å². The van der Waals surface area contributed by atoms with Crippen molar-refractivity contribution < 1.29 is 13.5 Å². The van der Waals surface area contributed by atoms with Crippen molar-refractivity contribution >= 4 is 15.7 Å². The Hall–Kier alpha value is -1.11. The Morgan fingerprint density at radius 3 is 2.15 bits per heavy atom. The van der Waals surface area contributed by atoms with E-state index in [1.807, 2.05) is 0 Å². The second-order valence-corrected chi connectivity index (χ2v) is 7.12. The quantitative estimate of drug-likeness (QED) is 0.739. The van der Waals surface area contributed by atoms with Crippen molar-refractivity contribution in [3.05, 3.63) is 24.3 Å². The molecule has 1 aliphatic carbocycles. The number of sulfonamides is 1. The number of rotatable bonds is 4. The summed E-state index contributed by atoms with van der Waals surface area (Å²) in [5.41, 5.74) is 0.129. The smallest absolute Gasteiger partial charge is 0.238 e. The molecular weight excluding hydrogens is 276 g/mol. The molecule has 2 rings (SSSR count). The second kappa shape index (κ2) is 6.11. The minimum atomic E-state index is -3.65. The first-order chi connectivity index (χ1) is 9.39. The van der Waals surface area contributed by atoms with Gasteiger partial charge in [-0.3, -0.25) is 0 Å². The average molecular weight is 298 g/mol. The predicted molar refractivity (Wildman–Crippen MR) is 79.0 cm³/mol. The molecule has 5 nitrogen and oxygen atoms in total. The third kappa shape index (κ3) is 4.19. The first-order valence-corrected chi connectivity index (χ1v) is 8.53. The zero-order chi connectivity index (χ0) is 14.6. The van der Waals surface area contributed by atoms with Crippen LogP contribution in [0.5, 0.6) is 0 Å². The van der Waals surface area contributed by atoms with E-state index in [1.54, 1.807) is 12.1 Å². The summed E-state index contributed by atoms with van der Waals surface area (Å²) in [7, 11) is -3.65. The number of nitrogens with one attached hydrogen (secondary N) is 1. The molecule has 1 aliphatic rings. The molecule has 20 heavy (non-hydrogen) atoms. The molecule has 6 heteroatoms. The fraction of sp³-hybridized carbons (Fsp3) is 0.571. The average Bonchev–Trinajstić information content (AvgIpc) is 2.61. The van der Waals surface area contributed by atoms with Crippen molar-refractivity contribution in [1.82, 2.24) is 0 Å². The molecule has 0 aliphatic heterocycles. The van der Waals surface area contributed by atoms with Crippen LogP contribution < -0.4 is 10.5 Å². The van der Waals surface area contributed by atoms with Crippen LogP contribution in [0.4, 0.5) is 5.69 Å². The number of hydrogen-bond acceptors (Lipinski definition) is 4. The summed E-state index contributed by atoms with van der Waals surface area (Å²) in [5.74, 6) is 0. The summed E-state index contributed by atoms with van der Waals surface area (Å²) in [4.78, 5) is 0.0937. The van der Waals surface area contributed by atoms with Gasteiger partial charge in [-0.25, -0.2) is 13.6 Å². The zero-order valence-electron chi connectivity index (χ0n) is 11.5. The first-order valence-electron chi connectivity index (χ1n) is 6.98. The van der Waals surface area contributed by atoms with E-state index in [-0.39, 0.29) is 4.90 Å². The fourth-order valence-electron chi connectivity index (χ4n) is 2.59. The highest BCUT2D eigenvalue weighted by Crippen LogP contribution is 2.27. The molecule has 112 valence electrons. The molecule has 0 bridgehead atoms. The second-order valence-electron chi connectivity index (χ2n) is 5.56. The Kier molecular flexibility index (Phi) is 4.67. The molecule has 0 atom stereocenters. The maximum absolute atomic E-state index is 11.2. The van der Waals surface area contributed by atoms with Crippen LogP contribution >= 0.6 is 0 Å². The standard InChI is InChI=1S/C14H22N2O3S/c15-20(18,19)13-7-5-12(6-8-13)16-11-14(17)9-3-1-2-4-10-14/h5-8,16-17H,1-4,9-11H2,(H2,15,18,19). The monoisotopic (exact) mass is 298 g/mol. The normalized spacial score (nSPS) is 19.3. The Balaban J connectivity index is 1.96. The number of aliphatic hydroxyl groups is 1. The molecule has 0 aromatic heterocycles. The molecule has 0 unspecified atom stereocenters. The Morgan fingerprint density at radius 1 is 1.10 bits per heavy atom. The van der Waals surface area contributed by atoms with Crippen molar-refractivity contribution in [1.29, 1.82) is 0 Å². The highest BCUT2D eigenvalue weighted by Gasteiger charge is 2.27. The molecule has 1 fully saturated rings. The van der Waals surface area contributed by atoms with Gasteiger partial charge in [0.1, 0.15) is 0 Å². The van der Waals surface area contributed by atoms with Gasteiger partial charge in [0, 0.05) is 12.2 Å². The molecule has 1 aromatic carbocycles. The number of hydrogen-bond donors (Lipinski definition) is 3. The van der Waals surface area contributed by atoms with Crippen molar-refractivity contribution in [2.24, 2.45) is 5.14 Å². The van der Waals surface area contributed by atoms with E-state index in [9.17, 15) is 13.5 Å². The molecule has 0 radical (unpaired) electrons. The third-order valence-electron chi connectivity index (χ3n) is 3.84. The summed E-state index contributed by atoms with van der Waals surface area (Å²) < 4.78 is 22.3. The van der Waals surface area contributed by atoms with Crippen molar-refractivity contribution in [2.45, 2.75) is 49.0 Å². The Labute approximate surface area is 120 Å². The van der Waals surface area contributed by atoms with E-state index in [0.29, 0.717) is 6.54 Å². The minimum absolute atomic E-state index is 0.0937. The lowest BCUT2D eigenvalue weighted by Gasteiger charge is -2.27. The molecule has 4 N–H and O–H groups in total. The Morgan fingerprint density at radius 2 is 1.65 bits per heavy atom. The summed E-state index contributed by atoms with van der Waals surface area (Å²) in [5, 5.41) is 18.7. The lowest BCUT2D eigenvalue weighted by atomic mass is 9.94. The summed E-state index contributed by atoms with van der Waals surface area (Å²) in [6.45, 7) is 0.488. The van der Waals surface area contributed by atoms with Crippen LogP contribution in [0.25, 0.3) is 0 Å². The van der Waals surface area contributed by atoms with Crippen LogP contribution in [0.3, 0.4) is 0 Å². The predicted octanol–water partition coefficient (Wildman–Crippen LogP) is 1.83. The van der Waals surface area contributed by atoms with Gasteiger partial charge in [-0.15, -0.1) is 0 Å². The van der Waals surface area contributed by atoms with Gasteiger partial charge in [-0.05, 0) is 37.1 Å². The zero-order valence-corrected chi connectivity index (χ0v) is 12.3. The van der Waals surface area contributed by atoms with E-state index in [0.717, 1.165) is 31.4 Å². The van der Waals surface area contributed by atoms with Crippen molar-refractivity contribution in [2.75, 3.05) is 11.9 Å². The van der Waals surface area contributed by atoms with Crippen molar-refractivity contribution in [3.8, 4) is 0 Å². The van der Waals surface area contributed by atoms with E-state index in [1.165, 1.54) is 25.0 Å². The molecule has 0 spiro atoms. The first kappa shape index (κ1) is 15.3. The highest BCUT2D eigenvalue weighted by atomic mass is 32.2. The SMILES string of the molecule is NS(=O)(=O)c1ccc(NCC2(O)CCCCCC2)cc1. The van der Waals surface area contributed by atoms with Gasteiger partial charge in [0.05, 0.1) is 10.5 Å². The van der Waals surface area contributed by atoms with Gasteiger partial charge in [-0.1, -0.05) is 25.7 Å². The van der Waals surface area contributed by atoms with Gasteiger partial charge in [0.15, 0.2) is 0 Å². The topological polar surface area (TPSA) is 92.4 Å². The summed E-state index contributed by atoms with van der Waals surface area (Å²) in [6, 6.07) is 6.27. The Bertz CT molecular complexity index is 532. The number of primary sulfonamides is 1. The molecule has 1 aromatic rings. The van der Waals surface area contributed by atoms with E-state index in [4.69, 9.17) is 5.14 Å². The number of anilines is 1. The van der Waals surface area contributed by atoms with Crippen LogP contribution in [0.1, 0.15) is 38.5 Å². The van der Waals surface area contributed by atoms with Crippen molar-refractivity contribution in [3.63, 3.8) is 0 Å². The van der Waals surface area contributed by atoms with Crippen LogP contribution in [-0.4, -0.2) is 25.7 Å². The maximum Gasteiger partial charge on any atom is 0.238 e. The van der Waals surface area contributed by atoms with Gasteiger partial charge < -0.3 is 10.4 Å². The number of nitrogens with two attached hydrogens (primary N) is 1. The maximum atomic E-state index is 11.2. The fourth-order valence-corrected chi connectivity index (χ4v) is 3.11. The van der Waals surface area contributed by atoms with Gasteiger partial charge >= 0.3 is 0 Å².